The number of terminal acetylenes is 1. The van der Waals surface area contributed by atoms with Gasteiger partial charge in [0.1, 0.15) is 0 Å². The lowest BCUT2D eigenvalue weighted by Gasteiger charge is -2.33. The average Bonchev–Trinajstić information content (AvgIpc) is 2.57. The Bertz CT molecular complexity index is 652. The Balaban J connectivity index is 2.04. The molecule has 1 fully saturated rings. The van der Waals surface area contributed by atoms with E-state index in [9.17, 15) is 10.0 Å². The van der Waals surface area contributed by atoms with E-state index < -0.39 is 12.1 Å². The molecule has 1 aliphatic heterocycles. The molecule has 0 saturated carbocycles. The number of hydrogen-bond acceptors (Lipinski definition) is 3. The van der Waals surface area contributed by atoms with Gasteiger partial charge in [0.15, 0.2) is 0 Å². The average molecular weight is 370 g/mol. The normalized spacial score (nSPS) is 17.2. The van der Waals surface area contributed by atoms with Crippen molar-refractivity contribution in [3.8, 4) is 12.3 Å². The molecule has 1 saturated heterocycles. The number of urea groups is 1. The predicted octanol–water partition coefficient (Wildman–Crippen LogP) is 3.53. The Morgan fingerprint density at radius 2 is 2.04 bits per heavy atom. The molecule has 1 heterocycles. The topological polar surface area (TPSA) is 55.8 Å². The highest BCUT2D eigenvalue weighted by atomic mass is 35.5. The summed E-state index contributed by atoms with van der Waals surface area (Å²) in [6.45, 7) is 3.46. The predicted molar refractivity (Wildman–Crippen MR) is 95.5 cm³/mol. The number of halogens is 2. The number of nitrogens with zero attached hydrogens (tertiary/aromatic N) is 2. The van der Waals surface area contributed by atoms with Gasteiger partial charge >= 0.3 is 6.03 Å². The smallest absolute Gasteiger partial charge is 0.330 e. The van der Waals surface area contributed by atoms with Gasteiger partial charge in [0.05, 0.1) is 22.1 Å². The first-order valence-electron chi connectivity index (χ1n) is 7.76. The van der Waals surface area contributed by atoms with Crippen LogP contribution in [0.5, 0.6) is 0 Å². The first-order chi connectivity index (χ1) is 11.3. The van der Waals surface area contributed by atoms with Crippen molar-refractivity contribution in [1.82, 2.24) is 15.3 Å². The number of piperidine rings is 1. The Kier molecular flexibility index (Phi) is 6.36. The van der Waals surface area contributed by atoms with Crippen LogP contribution in [0.4, 0.5) is 4.79 Å². The molecule has 0 aromatic heterocycles. The lowest BCUT2D eigenvalue weighted by atomic mass is 10.0. The second kappa shape index (κ2) is 8.09. The zero-order valence-corrected chi connectivity index (χ0v) is 15.2. The summed E-state index contributed by atoms with van der Waals surface area (Å²) in [5, 5.41) is 14.3. The number of amides is 2. The number of carbonyl (C=O) groups is 1. The summed E-state index contributed by atoms with van der Waals surface area (Å²) in [6, 6.07) is 2.25. The summed E-state index contributed by atoms with van der Waals surface area (Å²) in [5.41, 5.74) is 1.14. The largest absolute Gasteiger partial charge is 0.341 e. The third kappa shape index (κ3) is 4.14. The molecule has 0 spiro atoms. The molecule has 1 atom stereocenters. The highest BCUT2D eigenvalue weighted by molar-refractivity contribution is 6.43. The minimum absolute atomic E-state index is 0.184. The van der Waals surface area contributed by atoms with Crippen LogP contribution in [0, 0.1) is 12.3 Å². The van der Waals surface area contributed by atoms with Crippen molar-refractivity contribution >= 4 is 29.2 Å². The molecule has 130 valence electrons. The second-order valence-electron chi connectivity index (χ2n) is 6.02. The molecule has 1 aromatic carbocycles. The Labute approximate surface area is 152 Å². The Hall–Kier alpha value is -1.45. The number of nitrogens with one attached hydrogen (secondary N) is 1. The molecule has 1 aromatic rings. The van der Waals surface area contributed by atoms with E-state index in [4.69, 9.17) is 29.6 Å². The zero-order chi connectivity index (χ0) is 17.9. The number of likely N-dealkylation sites (tertiary alicyclic amines) is 1. The summed E-state index contributed by atoms with van der Waals surface area (Å²) < 4.78 is 0. The molecule has 2 rings (SSSR count). The van der Waals surface area contributed by atoms with Crippen LogP contribution in [0.1, 0.15) is 36.9 Å². The fraction of sp³-hybridized carbons (Fsp3) is 0.471. The molecule has 0 radical (unpaired) electrons. The monoisotopic (exact) mass is 369 g/mol. The van der Waals surface area contributed by atoms with Crippen LogP contribution in [0.25, 0.3) is 0 Å². The van der Waals surface area contributed by atoms with E-state index in [1.807, 2.05) is 7.05 Å². The van der Waals surface area contributed by atoms with Gasteiger partial charge in [-0.15, -0.1) is 6.42 Å². The van der Waals surface area contributed by atoms with Gasteiger partial charge < -0.3 is 10.2 Å². The number of carbonyl (C=O) groups excluding carboxylic acids is 1. The molecule has 5 nitrogen and oxygen atoms in total. The van der Waals surface area contributed by atoms with E-state index in [0.717, 1.165) is 31.0 Å². The minimum Gasteiger partial charge on any atom is -0.330 e. The van der Waals surface area contributed by atoms with E-state index in [1.165, 1.54) is 0 Å². The SMILES string of the molecule is C#Cc1ccc(C(C)NC(=O)N(O)C2CCN(C)CC2)c(Cl)c1Cl. The third-order valence-corrected chi connectivity index (χ3v) is 5.21. The van der Waals surface area contributed by atoms with Crippen LogP contribution >= 0.6 is 23.2 Å². The van der Waals surface area contributed by atoms with Crippen molar-refractivity contribution < 1.29 is 10.0 Å². The van der Waals surface area contributed by atoms with Crippen molar-refractivity contribution in [2.45, 2.75) is 31.8 Å². The fourth-order valence-corrected chi connectivity index (χ4v) is 3.30. The van der Waals surface area contributed by atoms with E-state index >= 15 is 0 Å². The van der Waals surface area contributed by atoms with Gasteiger partial charge in [-0.1, -0.05) is 35.2 Å². The molecule has 0 bridgehead atoms. The van der Waals surface area contributed by atoms with Gasteiger partial charge in [-0.2, -0.15) is 0 Å². The van der Waals surface area contributed by atoms with Crippen LogP contribution in [-0.4, -0.2) is 47.4 Å². The van der Waals surface area contributed by atoms with Gasteiger partial charge in [0.2, 0.25) is 0 Å². The number of hydroxylamine groups is 2. The summed E-state index contributed by atoms with van der Waals surface area (Å²) in [4.78, 5) is 14.4. The number of hydrogen-bond donors (Lipinski definition) is 2. The van der Waals surface area contributed by atoms with Crippen molar-refractivity contribution in [1.29, 1.82) is 0 Å². The fourth-order valence-electron chi connectivity index (χ4n) is 2.74. The maximum atomic E-state index is 12.3. The summed E-state index contributed by atoms with van der Waals surface area (Å²) in [6.07, 6.45) is 6.82. The highest BCUT2D eigenvalue weighted by Crippen LogP contribution is 2.32. The summed E-state index contributed by atoms with van der Waals surface area (Å²) >= 11 is 12.4. The van der Waals surface area contributed by atoms with E-state index in [-0.39, 0.29) is 11.1 Å². The van der Waals surface area contributed by atoms with E-state index in [0.29, 0.717) is 16.1 Å². The second-order valence-corrected chi connectivity index (χ2v) is 6.78. The third-order valence-electron chi connectivity index (χ3n) is 4.32. The van der Waals surface area contributed by atoms with Crippen molar-refractivity contribution in [2.75, 3.05) is 20.1 Å². The molecule has 7 heteroatoms. The molecule has 1 unspecified atom stereocenters. The first-order valence-corrected chi connectivity index (χ1v) is 8.52. The van der Waals surface area contributed by atoms with E-state index in [2.05, 4.69) is 16.1 Å². The van der Waals surface area contributed by atoms with Crippen LogP contribution in [0.15, 0.2) is 12.1 Å². The van der Waals surface area contributed by atoms with Gasteiger partial charge in [0, 0.05) is 5.56 Å². The molecule has 0 aliphatic carbocycles. The quantitative estimate of drug-likeness (QED) is 0.486. The molecular weight excluding hydrogens is 349 g/mol. The molecule has 2 N–H and O–H groups in total. The highest BCUT2D eigenvalue weighted by Gasteiger charge is 2.27. The maximum Gasteiger partial charge on any atom is 0.341 e. The van der Waals surface area contributed by atoms with Gasteiger partial charge in [-0.3, -0.25) is 5.21 Å². The number of benzene rings is 1. The van der Waals surface area contributed by atoms with E-state index in [1.54, 1.807) is 19.1 Å². The van der Waals surface area contributed by atoms with Crippen molar-refractivity contribution in [3.05, 3.63) is 33.3 Å². The lowest BCUT2D eigenvalue weighted by molar-refractivity contribution is -0.0919. The van der Waals surface area contributed by atoms with Crippen molar-refractivity contribution in [2.24, 2.45) is 0 Å². The Morgan fingerprint density at radius 3 is 2.62 bits per heavy atom. The molecular formula is C17H21Cl2N3O2. The van der Waals surface area contributed by atoms with Gasteiger partial charge in [-0.05, 0) is 51.5 Å². The summed E-state index contributed by atoms with van der Waals surface area (Å²) in [5.74, 6) is 2.45. The van der Waals surface area contributed by atoms with Crippen molar-refractivity contribution in [3.63, 3.8) is 0 Å². The van der Waals surface area contributed by atoms with Gasteiger partial charge in [-0.25, -0.2) is 9.86 Å². The van der Waals surface area contributed by atoms with Gasteiger partial charge in [0.25, 0.3) is 0 Å². The first kappa shape index (κ1) is 18.9. The van der Waals surface area contributed by atoms with Crippen LogP contribution in [0.3, 0.4) is 0 Å². The van der Waals surface area contributed by atoms with Crippen LogP contribution in [0.2, 0.25) is 10.0 Å². The molecule has 2 amide bonds. The van der Waals surface area contributed by atoms with Crippen LogP contribution < -0.4 is 5.32 Å². The standard InChI is InChI=1S/C17H21Cl2N3O2/c1-4-12-5-6-14(16(19)15(12)18)11(2)20-17(23)22(24)13-7-9-21(3)10-8-13/h1,5-6,11,13,24H,7-10H2,2-3H3,(H,20,23). The van der Waals surface area contributed by atoms with Crippen LogP contribution in [-0.2, 0) is 0 Å². The number of rotatable bonds is 3. The summed E-state index contributed by atoms with van der Waals surface area (Å²) in [7, 11) is 2.02. The zero-order valence-electron chi connectivity index (χ0n) is 13.7. The molecule has 1 aliphatic rings. The lowest BCUT2D eigenvalue weighted by Crippen LogP contribution is -2.48. The maximum absolute atomic E-state index is 12.3. The minimum atomic E-state index is -0.551. The molecule has 24 heavy (non-hydrogen) atoms. The Morgan fingerprint density at radius 1 is 1.42 bits per heavy atom.